The number of rotatable bonds is 9. The van der Waals surface area contributed by atoms with Gasteiger partial charge in [-0.2, -0.15) is 0 Å². The first-order valence-corrected chi connectivity index (χ1v) is 24.7. The van der Waals surface area contributed by atoms with Gasteiger partial charge in [0.2, 0.25) is 0 Å². The van der Waals surface area contributed by atoms with E-state index < -0.39 is 25.0 Å². The monoisotopic (exact) mass is 635 g/mol. The molecule has 0 spiro atoms. The van der Waals surface area contributed by atoms with Gasteiger partial charge in [-0.15, -0.1) is 11.3 Å². The highest BCUT2D eigenvalue weighted by Gasteiger charge is 2.54. The molecule has 0 unspecified atom stereocenters. The zero-order chi connectivity index (χ0) is 31.2. The number of nitrogens with zero attached hydrogens (tertiary/aromatic N) is 1. The van der Waals surface area contributed by atoms with Crippen LogP contribution in [0.4, 0.5) is 0 Å². The maximum Gasteiger partial charge on any atom is 0.192 e. The molecule has 4 atom stereocenters. The largest absolute Gasteiger partial charge is 0.414 e. The molecule has 0 radical (unpaired) electrons. The summed E-state index contributed by atoms with van der Waals surface area (Å²) in [6.45, 7) is 35.0. The number of thiophene rings is 1. The van der Waals surface area contributed by atoms with Gasteiger partial charge in [0.25, 0.3) is 0 Å². The Bertz CT molecular complexity index is 1130. The average Bonchev–Trinajstić information content (AvgIpc) is 3.45. The maximum absolute atomic E-state index is 7.27. The molecule has 5 nitrogen and oxygen atoms in total. The van der Waals surface area contributed by atoms with Crippen molar-refractivity contribution in [3.63, 3.8) is 0 Å². The SMILES string of the molecule is CC(C)(C)[Si](C)(C)OC[C@H]1O[C@@H](c2ccc(-c3cccs3)nc2)[C@H](O[Si](C)(C)C(C)(C)C)[C@@H]1O[Si](C)(C)C(C)(C)C. The van der Waals surface area contributed by atoms with E-state index in [1.165, 1.54) is 0 Å². The van der Waals surface area contributed by atoms with E-state index in [4.69, 9.17) is 23.0 Å². The Labute approximate surface area is 258 Å². The molecule has 2 aromatic heterocycles. The van der Waals surface area contributed by atoms with E-state index in [0.29, 0.717) is 6.61 Å². The van der Waals surface area contributed by atoms with Gasteiger partial charge in [0.05, 0.1) is 17.2 Å². The highest BCUT2D eigenvalue weighted by Crippen LogP contribution is 2.47. The van der Waals surface area contributed by atoms with E-state index in [0.717, 1.165) is 16.1 Å². The van der Waals surface area contributed by atoms with Gasteiger partial charge in [-0.1, -0.05) is 74.4 Å². The molecule has 3 rings (SSSR count). The summed E-state index contributed by atoms with van der Waals surface area (Å²) in [5, 5.41) is 2.31. The molecule has 1 saturated heterocycles. The Hall–Kier alpha value is -0.659. The smallest absolute Gasteiger partial charge is 0.192 e. The summed E-state index contributed by atoms with van der Waals surface area (Å²) in [4.78, 5) is 6.02. The molecule has 0 bridgehead atoms. The van der Waals surface area contributed by atoms with Crippen molar-refractivity contribution in [1.82, 2.24) is 4.98 Å². The van der Waals surface area contributed by atoms with Crippen molar-refractivity contribution in [2.24, 2.45) is 0 Å². The van der Waals surface area contributed by atoms with Gasteiger partial charge in [0.1, 0.15) is 24.4 Å². The van der Waals surface area contributed by atoms with Crippen LogP contribution in [-0.4, -0.2) is 54.9 Å². The van der Waals surface area contributed by atoms with Crippen molar-refractivity contribution in [2.75, 3.05) is 6.61 Å². The summed E-state index contributed by atoms with van der Waals surface area (Å²) >= 11 is 1.70. The van der Waals surface area contributed by atoms with Crippen LogP contribution in [0.3, 0.4) is 0 Å². The fourth-order valence-corrected chi connectivity index (χ4v) is 8.41. The second-order valence-corrected chi connectivity index (χ2v) is 31.6. The lowest BCUT2D eigenvalue weighted by Gasteiger charge is -2.44. The zero-order valence-corrected chi connectivity index (χ0v) is 32.3. The van der Waals surface area contributed by atoms with Crippen LogP contribution >= 0.6 is 11.3 Å². The molecule has 0 aromatic carbocycles. The minimum Gasteiger partial charge on any atom is -0.414 e. The Morgan fingerprint density at radius 3 is 1.73 bits per heavy atom. The Kier molecular flexibility index (Phi) is 10.2. The van der Waals surface area contributed by atoms with Gasteiger partial charge in [0.15, 0.2) is 25.0 Å². The molecule has 1 aliphatic heterocycles. The van der Waals surface area contributed by atoms with Gasteiger partial charge in [-0.25, -0.2) is 0 Å². The third kappa shape index (κ3) is 7.90. The van der Waals surface area contributed by atoms with Crippen LogP contribution in [-0.2, 0) is 18.0 Å². The van der Waals surface area contributed by atoms with Crippen molar-refractivity contribution < 1.29 is 18.0 Å². The van der Waals surface area contributed by atoms with Crippen LogP contribution in [0.15, 0.2) is 35.8 Å². The fourth-order valence-electron chi connectivity index (χ4n) is 4.09. The van der Waals surface area contributed by atoms with Crippen molar-refractivity contribution in [2.45, 2.75) is 141 Å². The Balaban J connectivity index is 2.07. The predicted octanol–water partition coefficient (Wildman–Crippen LogP) is 10.1. The lowest BCUT2D eigenvalue weighted by Crippen LogP contribution is -2.54. The van der Waals surface area contributed by atoms with Gasteiger partial charge >= 0.3 is 0 Å². The molecular weight excluding hydrogens is 579 g/mol. The average molecular weight is 636 g/mol. The van der Waals surface area contributed by atoms with Crippen LogP contribution < -0.4 is 0 Å². The molecule has 3 heterocycles. The normalized spacial score (nSPS) is 23.3. The van der Waals surface area contributed by atoms with Crippen molar-refractivity contribution in [1.29, 1.82) is 0 Å². The van der Waals surface area contributed by atoms with Crippen LogP contribution in [0.2, 0.25) is 54.4 Å². The third-order valence-corrected chi connectivity index (χ3v) is 24.4. The van der Waals surface area contributed by atoms with Crippen LogP contribution in [0.5, 0.6) is 0 Å². The van der Waals surface area contributed by atoms with E-state index in [1.54, 1.807) is 11.3 Å². The van der Waals surface area contributed by atoms with Crippen molar-refractivity contribution in [3.05, 3.63) is 41.4 Å². The lowest BCUT2D eigenvalue weighted by molar-refractivity contribution is -0.0173. The minimum absolute atomic E-state index is 0.0517. The van der Waals surface area contributed by atoms with E-state index in [-0.39, 0.29) is 39.5 Å². The first-order chi connectivity index (χ1) is 18.5. The molecule has 232 valence electrons. The van der Waals surface area contributed by atoms with Gasteiger partial charge in [-0.3, -0.25) is 4.98 Å². The number of aromatic nitrogens is 1. The highest BCUT2D eigenvalue weighted by molar-refractivity contribution is 7.13. The van der Waals surface area contributed by atoms with E-state index >= 15 is 0 Å². The summed E-state index contributed by atoms with van der Waals surface area (Å²) in [7, 11) is -6.35. The van der Waals surface area contributed by atoms with Gasteiger partial charge in [-0.05, 0) is 71.9 Å². The second kappa shape index (κ2) is 12.0. The topological polar surface area (TPSA) is 49.8 Å². The summed E-state index contributed by atoms with van der Waals surface area (Å²) in [6.07, 6.45) is 0.998. The third-order valence-electron chi connectivity index (χ3n) is 10.1. The van der Waals surface area contributed by atoms with E-state index in [9.17, 15) is 0 Å². The molecule has 9 heteroatoms. The predicted molar refractivity (Wildman–Crippen MR) is 182 cm³/mol. The molecule has 2 aromatic rings. The summed E-state index contributed by atoms with van der Waals surface area (Å²) in [6, 6.07) is 8.44. The first-order valence-electron chi connectivity index (χ1n) is 15.1. The van der Waals surface area contributed by atoms with Gasteiger partial charge < -0.3 is 18.0 Å². The fraction of sp³-hybridized carbons (Fsp3) is 0.719. The molecule has 0 amide bonds. The van der Waals surface area contributed by atoms with E-state index in [1.807, 2.05) is 6.20 Å². The summed E-state index contributed by atoms with van der Waals surface area (Å²) < 4.78 is 28.3. The molecular formula is C32H57NO4SSi3. The van der Waals surface area contributed by atoms with E-state index in [2.05, 4.69) is 131 Å². The van der Waals surface area contributed by atoms with Crippen LogP contribution in [0.1, 0.15) is 74.0 Å². The zero-order valence-electron chi connectivity index (χ0n) is 28.5. The Morgan fingerprint density at radius 2 is 1.29 bits per heavy atom. The molecule has 41 heavy (non-hydrogen) atoms. The molecule has 0 saturated carbocycles. The number of ether oxygens (including phenoxy) is 1. The van der Waals surface area contributed by atoms with Gasteiger partial charge in [0, 0.05) is 11.8 Å². The highest BCUT2D eigenvalue weighted by atomic mass is 32.1. The van der Waals surface area contributed by atoms with Crippen molar-refractivity contribution in [3.8, 4) is 10.6 Å². The van der Waals surface area contributed by atoms with Crippen LogP contribution in [0.25, 0.3) is 10.6 Å². The van der Waals surface area contributed by atoms with Crippen LogP contribution in [0, 0.1) is 0 Å². The maximum atomic E-state index is 7.27. The minimum atomic E-state index is -2.18. The number of pyridine rings is 1. The molecule has 1 aliphatic rings. The number of hydrogen-bond donors (Lipinski definition) is 0. The molecule has 0 aliphatic carbocycles. The summed E-state index contributed by atoms with van der Waals surface area (Å²) in [5.41, 5.74) is 2.02. The first kappa shape index (κ1) is 34.8. The molecule has 1 fully saturated rings. The standard InChI is InChI=1S/C32H57NO4SSi3/c1-30(2,3)39(10,11)34-22-25-28(36-40(12,13)31(4,5)6)29(37-41(14,15)32(7,8)9)27(35-25)23-18-19-24(33-21-23)26-17-16-20-38-26/h16-21,25,27-29H,22H2,1-15H3/t25-,27+,28-,29+/m1/s1. The quantitative estimate of drug-likeness (QED) is 0.257. The second-order valence-electron chi connectivity index (χ2n) is 16.3. The lowest BCUT2D eigenvalue weighted by atomic mass is 10.0. The van der Waals surface area contributed by atoms with Crippen molar-refractivity contribution >= 4 is 36.3 Å². The number of hydrogen-bond acceptors (Lipinski definition) is 6. The summed E-state index contributed by atoms with van der Waals surface area (Å²) in [5.74, 6) is 0. The Morgan fingerprint density at radius 1 is 0.756 bits per heavy atom. The molecule has 0 N–H and O–H groups in total.